The molecule has 0 aliphatic carbocycles. The van der Waals surface area contributed by atoms with E-state index in [0.717, 1.165) is 21.4 Å². The number of aromatic nitrogens is 2. The standard InChI is InChI=1S/C11H10ClIN2O/c1-3-7-9(13)10(12)15-11(14-7)8-5-4-6(2)16-8/h4-5H,3H2,1-2H3. The van der Waals surface area contributed by atoms with Gasteiger partial charge in [0.1, 0.15) is 10.9 Å². The average Bonchev–Trinajstić information content (AvgIpc) is 2.69. The Bertz CT molecular complexity index is 525. The van der Waals surface area contributed by atoms with Gasteiger partial charge >= 0.3 is 0 Å². The third kappa shape index (κ3) is 2.22. The van der Waals surface area contributed by atoms with Crippen LogP contribution in [0, 0.1) is 10.5 Å². The zero-order chi connectivity index (χ0) is 11.7. The summed E-state index contributed by atoms with van der Waals surface area (Å²) < 4.78 is 6.39. The van der Waals surface area contributed by atoms with Crippen molar-refractivity contribution in [3.8, 4) is 11.6 Å². The predicted molar refractivity (Wildman–Crippen MR) is 71.6 cm³/mol. The maximum atomic E-state index is 6.05. The molecule has 0 spiro atoms. The average molecular weight is 349 g/mol. The topological polar surface area (TPSA) is 38.9 Å². The first-order chi connectivity index (χ1) is 7.61. The second-order valence-electron chi connectivity index (χ2n) is 3.36. The normalized spacial score (nSPS) is 10.8. The largest absolute Gasteiger partial charge is 0.458 e. The number of hydrogen-bond donors (Lipinski definition) is 0. The Hall–Kier alpha value is -0.620. The van der Waals surface area contributed by atoms with E-state index in [0.29, 0.717) is 16.7 Å². The molecule has 0 bridgehead atoms. The fourth-order valence-electron chi connectivity index (χ4n) is 1.36. The first-order valence-corrected chi connectivity index (χ1v) is 6.36. The molecule has 0 radical (unpaired) electrons. The van der Waals surface area contributed by atoms with Crippen LogP contribution < -0.4 is 0 Å². The van der Waals surface area contributed by atoms with E-state index in [-0.39, 0.29) is 0 Å². The molecule has 84 valence electrons. The highest BCUT2D eigenvalue weighted by molar-refractivity contribution is 14.1. The minimum absolute atomic E-state index is 0.483. The Labute approximate surface area is 112 Å². The van der Waals surface area contributed by atoms with Gasteiger partial charge in [-0.3, -0.25) is 0 Å². The van der Waals surface area contributed by atoms with E-state index in [9.17, 15) is 0 Å². The molecule has 0 atom stereocenters. The van der Waals surface area contributed by atoms with Crippen LogP contribution in [0.2, 0.25) is 5.15 Å². The number of aryl methyl sites for hydroxylation is 2. The predicted octanol–water partition coefficient (Wildman–Crippen LogP) is 3.87. The Morgan fingerprint density at radius 3 is 2.69 bits per heavy atom. The molecule has 16 heavy (non-hydrogen) atoms. The molecule has 5 heteroatoms. The molecule has 3 nitrogen and oxygen atoms in total. The van der Waals surface area contributed by atoms with Crippen LogP contribution in [0.25, 0.3) is 11.6 Å². The maximum absolute atomic E-state index is 6.05. The van der Waals surface area contributed by atoms with E-state index >= 15 is 0 Å². The Morgan fingerprint density at radius 1 is 1.38 bits per heavy atom. The number of halogens is 2. The van der Waals surface area contributed by atoms with Gasteiger partial charge in [0.25, 0.3) is 0 Å². The molecule has 0 saturated carbocycles. The third-order valence-electron chi connectivity index (χ3n) is 2.18. The molecule has 2 aromatic heterocycles. The molecule has 0 aromatic carbocycles. The molecular formula is C11H10ClIN2O. The van der Waals surface area contributed by atoms with Crippen molar-refractivity contribution in [3.63, 3.8) is 0 Å². The highest BCUT2D eigenvalue weighted by Gasteiger charge is 2.12. The Balaban J connectivity index is 2.54. The molecule has 0 N–H and O–H groups in total. The van der Waals surface area contributed by atoms with Gasteiger partial charge in [0, 0.05) is 0 Å². The maximum Gasteiger partial charge on any atom is 0.197 e. The van der Waals surface area contributed by atoms with E-state index in [1.165, 1.54) is 0 Å². The van der Waals surface area contributed by atoms with Gasteiger partial charge < -0.3 is 4.42 Å². The van der Waals surface area contributed by atoms with E-state index in [2.05, 4.69) is 32.6 Å². The lowest BCUT2D eigenvalue weighted by molar-refractivity contribution is 0.543. The highest BCUT2D eigenvalue weighted by atomic mass is 127. The van der Waals surface area contributed by atoms with Gasteiger partial charge in [-0.25, -0.2) is 9.97 Å². The quantitative estimate of drug-likeness (QED) is 0.611. The molecule has 0 unspecified atom stereocenters. The van der Waals surface area contributed by atoms with E-state index in [1.54, 1.807) is 0 Å². The van der Waals surface area contributed by atoms with Gasteiger partial charge in [-0.15, -0.1) is 0 Å². The van der Waals surface area contributed by atoms with Crippen molar-refractivity contribution in [1.29, 1.82) is 0 Å². The molecule has 2 heterocycles. The lowest BCUT2D eigenvalue weighted by Gasteiger charge is -2.04. The Morgan fingerprint density at radius 2 is 2.12 bits per heavy atom. The number of rotatable bonds is 2. The SMILES string of the molecule is CCc1nc(-c2ccc(C)o2)nc(Cl)c1I. The lowest BCUT2D eigenvalue weighted by Crippen LogP contribution is -1.98. The van der Waals surface area contributed by atoms with Crippen LogP contribution in [0.4, 0.5) is 0 Å². The van der Waals surface area contributed by atoms with E-state index in [1.807, 2.05) is 26.0 Å². The van der Waals surface area contributed by atoms with Crippen LogP contribution >= 0.6 is 34.2 Å². The van der Waals surface area contributed by atoms with Gasteiger partial charge in [-0.2, -0.15) is 0 Å². The summed E-state index contributed by atoms with van der Waals surface area (Å²) in [4.78, 5) is 8.66. The Kier molecular flexibility index (Phi) is 3.49. The molecule has 0 saturated heterocycles. The summed E-state index contributed by atoms with van der Waals surface area (Å²) in [5, 5.41) is 0.483. The monoisotopic (exact) mass is 348 g/mol. The number of furan rings is 1. The number of nitrogens with zero attached hydrogens (tertiary/aromatic N) is 2. The van der Waals surface area contributed by atoms with Crippen molar-refractivity contribution in [1.82, 2.24) is 9.97 Å². The molecule has 2 aromatic rings. The highest BCUT2D eigenvalue weighted by Crippen LogP contribution is 2.25. The van der Waals surface area contributed by atoms with Gasteiger partial charge in [0.2, 0.25) is 0 Å². The van der Waals surface area contributed by atoms with Crippen LogP contribution in [-0.2, 0) is 6.42 Å². The minimum Gasteiger partial charge on any atom is -0.458 e. The fourth-order valence-corrected chi connectivity index (χ4v) is 2.17. The minimum atomic E-state index is 0.483. The third-order valence-corrected chi connectivity index (χ3v) is 3.90. The summed E-state index contributed by atoms with van der Waals surface area (Å²) in [5.41, 5.74) is 0.949. The summed E-state index contributed by atoms with van der Waals surface area (Å²) in [6.45, 7) is 3.93. The first kappa shape index (κ1) is 11.9. The van der Waals surface area contributed by atoms with Gasteiger partial charge in [-0.05, 0) is 48.1 Å². The van der Waals surface area contributed by atoms with Crippen LogP contribution in [0.1, 0.15) is 18.4 Å². The summed E-state index contributed by atoms with van der Waals surface area (Å²) in [6.07, 6.45) is 0.827. The van der Waals surface area contributed by atoms with Crippen molar-refractivity contribution >= 4 is 34.2 Å². The molecule has 0 amide bonds. The number of hydrogen-bond acceptors (Lipinski definition) is 3. The van der Waals surface area contributed by atoms with Crippen LogP contribution in [0.5, 0.6) is 0 Å². The van der Waals surface area contributed by atoms with Crippen molar-refractivity contribution in [2.75, 3.05) is 0 Å². The summed E-state index contributed by atoms with van der Waals surface area (Å²) in [6, 6.07) is 3.74. The summed E-state index contributed by atoms with van der Waals surface area (Å²) in [7, 11) is 0. The molecule has 0 fully saturated rings. The van der Waals surface area contributed by atoms with E-state index < -0.39 is 0 Å². The molecule has 0 aliphatic rings. The zero-order valence-electron chi connectivity index (χ0n) is 8.92. The first-order valence-electron chi connectivity index (χ1n) is 4.90. The fraction of sp³-hybridized carbons (Fsp3) is 0.273. The zero-order valence-corrected chi connectivity index (χ0v) is 11.8. The lowest BCUT2D eigenvalue weighted by atomic mass is 10.3. The second-order valence-corrected chi connectivity index (χ2v) is 4.80. The van der Waals surface area contributed by atoms with Crippen LogP contribution in [-0.4, -0.2) is 9.97 Å². The van der Waals surface area contributed by atoms with Gasteiger partial charge in [-0.1, -0.05) is 18.5 Å². The molecular weight excluding hydrogens is 338 g/mol. The molecule has 0 aliphatic heterocycles. The van der Waals surface area contributed by atoms with Gasteiger partial charge in [0.15, 0.2) is 11.6 Å². The van der Waals surface area contributed by atoms with Crippen LogP contribution in [0.3, 0.4) is 0 Å². The van der Waals surface area contributed by atoms with E-state index in [4.69, 9.17) is 16.0 Å². The second kappa shape index (κ2) is 4.71. The van der Waals surface area contributed by atoms with Crippen LogP contribution in [0.15, 0.2) is 16.5 Å². The summed E-state index contributed by atoms with van der Waals surface area (Å²) in [5.74, 6) is 2.05. The van der Waals surface area contributed by atoms with Crippen molar-refractivity contribution in [2.45, 2.75) is 20.3 Å². The van der Waals surface area contributed by atoms with Crippen molar-refractivity contribution in [2.24, 2.45) is 0 Å². The van der Waals surface area contributed by atoms with Crippen molar-refractivity contribution < 1.29 is 4.42 Å². The summed E-state index contributed by atoms with van der Waals surface area (Å²) >= 11 is 8.21. The molecule has 2 rings (SSSR count). The van der Waals surface area contributed by atoms with Gasteiger partial charge in [0.05, 0.1) is 9.26 Å². The smallest absolute Gasteiger partial charge is 0.197 e. The van der Waals surface area contributed by atoms with Crippen molar-refractivity contribution in [3.05, 3.63) is 32.3 Å².